The van der Waals surface area contributed by atoms with Crippen molar-refractivity contribution in [2.45, 2.75) is 65.7 Å². The highest BCUT2D eigenvalue weighted by molar-refractivity contribution is 5.96. The molecule has 1 rings (SSSR count). The Bertz CT molecular complexity index is 426. The lowest BCUT2D eigenvalue weighted by atomic mass is 10.1. The van der Waals surface area contributed by atoms with Gasteiger partial charge in [0.05, 0.1) is 13.0 Å². The van der Waals surface area contributed by atoms with E-state index in [2.05, 4.69) is 36.5 Å². The van der Waals surface area contributed by atoms with Gasteiger partial charge in [0.15, 0.2) is 0 Å². The van der Waals surface area contributed by atoms with Gasteiger partial charge in [0.1, 0.15) is 0 Å². The van der Waals surface area contributed by atoms with E-state index >= 15 is 0 Å². The second-order valence-corrected chi connectivity index (χ2v) is 5.78. The first-order valence-corrected chi connectivity index (χ1v) is 8.77. The highest BCUT2D eigenvalue weighted by atomic mass is 16.5. The van der Waals surface area contributed by atoms with E-state index in [1.807, 2.05) is 6.08 Å². The van der Waals surface area contributed by atoms with Crippen LogP contribution in [0.2, 0.25) is 0 Å². The van der Waals surface area contributed by atoms with Crippen molar-refractivity contribution in [3.8, 4) is 0 Å². The third-order valence-corrected chi connectivity index (χ3v) is 3.87. The highest BCUT2D eigenvalue weighted by Crippen LogP contribution is 2.20. The normalized spacial score (nSPS) is 14.2. The zero-order chi connectivity index (χ0) is 16.2. The molecule has 0 saturated heterocycles. The van der Waals surface area contributed by atoms with Crippen molar-refractivity contribution in [1.82, 2.24) is 4.90 Å². The van der Waals surface area contributed by atoms with E-state index in [9.17, 15) is 0 Å². The van der Waals surface area contributed by atoms with Gasteiger partial charge in [-0.05, 0) is 25.3 Å². The summed E-state index contributed by atoms with van der Waals surface area (Å²) < 4.78 is 5.82. The van der Waals surface area contributed by atoms with Crippen LogP contribution in [0.4, 0.5) is 0 Å². The van der Waals surface area contributed by atoms with Crippen molar-refractivity contribution in [3.05, 3.63) is 29.1 Å². The number of ether oxygens (including phenoxy) is 1. The topological polar surface area (TPSA) is 48.9 Å². The van der Waals surface area contributed by atoms with E-state index in [1.165, 1.54) is 31.4 Å². The molecule has 4 nitrogen and oxygen atoms in total. The lowest BCUT2D eigenvalue weighted by Gasteiger charge is -2.27. The molecule has 0 heterocycles. The molecule has 0 aliphatic heterocycles. The average molecular weight is 305 g/mol. The van der Waals surface area contributed by atoms with Crippen LogP contribution in [0, 0.1) is 0 Å². The zero-order valence-electron chi connectivity index (χ0n) is 14.5. The molecule has 0 fully saturated rings. The standard InChI is InChI=1S/C18H31N3O/c1-4-7-12-21(13-8-5-2)16-10-11-17(20-19)18(15-16)22-14-9-6-3/h10,15H,4-9,11-14H2,1-3H3. The first-order chi connectivity index (χ1) is 10.8. The van der Waals surface area contributed by atoms with Crippen LogP contribution in [0.25, 0.3) is 5.53 Å². The maximum atomic E-state index is 9.15. The monoisotopic (exact) mass is 305 g/mol. The zero-order valence-corrected chi connectivity index (χ0v) is 14.5. The third-order valence-electron chi connectivity index (χ3n) is 3.87. The molecule has 0 atom stereocenters. The van der Waals surface area contributed by atoms with E-state index in [1.54, 1.807) is 0 Å². The molecule has 0 spiro atoms. The fraction of sp³-hybridized carbons (Fsp3) is 0.722. The van der Waals surface area contributed by atoms with Crippen LogP contribution in [-0.4, -0.2) is 35.1 Å². The first-order valence-electron chi connectivity index (χ1n) is 8.77. The largest absolute Gasteiger partial charge is 0.486 e. The summed E-state index contributed by atoms with van der Waals surface area (Å²) in [5.41, 5.74) is 11.0. The van der Waals surface area contributed by atoms with E-state index in [0.717, 1.165) is 31.7 Å². The Balaban J connectivity index is 2.80. The van der Waals surface area contributed by atoms with Gasteiger partial charge >= 0.3 is 5.71 Å². The summed E-state index contributed by atoms with van der Waals surface area (Å²) in [4.78, 5) is 5.82. The molecule has 0 N–H and O–H groups in total. The van der Waals surface area contributed by atoms with Gasteiger partial charge in [-0.3, -0.25) is 0 Å². The van der Waals surface area contributed by atoms with Crippen molar-refractivity contribution < 1.29 is 9.53 Å². The third kappa shape index (κ3) is 6.07. The number of allylic oxidation sites excluding steroid dienone is 3. The van der Waals surface area contributed by atoms with Gasteiger partial charge in [-0.2, -0.15) is 4.79 Å². The number of hydrogen-bond donors (Lipinski definition) is 0. The first kappa shape index (κ1) is 18.5. The van der Waals surface area contributed by atoms with Gasteiger partial charge < -0.3 is 15.2 Å². The lowest BCUT2D eigenvalue weighted by molar-refractivity contribution is -0.0122. The minimum absolute atomic E-state index is 0.630. The SMILES string of the molecule is CCCCOC1=CC(N(CCCC)CCCC)=CCC1=[N+]=[N-]. The summed E-state index contributed by atoms with van der Waals surface area (Å²) >= 11 is 0. The van der Waals surface area contributed by atoms with Crippen LogP contribution >= 0.6 is 0 Å². The quantitative estimate of drug-likeness (QED) is 0.319. The Morgan fingerprint density at radius 1 is 1.09 bits per heavy atom. The molecule has 0 radical (unpaired) electrons. The minimum Gasteiger partial charge on any atom is -0.486 e. The summed E-state index contributed by atoms with van der Waals surface area (Å²) in [6, 6.07) is 0. The fourth-order valence-electron chi connectivity index (χ4n) is 2.41. The number of hydrogen-bond acceptors (Lipinski definition) is 2. The number of rotatable bonds is 11. The summed E-state index contributed by atoms with van der Waals surface area (Å²) in [6.07, 6.45) is 11.7. The predicted molar refractivity (Wildman–Crippen MR) is 91.7 cm³/mol. The molecule has 22 heavy (non-hydrogen) atoms. The van der Waals surface area contributed by atoms with E-state index in [-0.39, 0.29) is 0 Å². The van der Waals surface area contributed by atoms with Crippen molar-refractivity contribution in [2.24, 2.45) is 0 Å². The Labute approximate surface area is 135 Å². The Hall–Kier alpha value is -1.54. The molecule has 1 aliphatic carbocycles. The molecule has 0 aromatic rings. The molecular weight excluding hydrogens is 274 g/mol. The average Bonchev–Trinajstić information content (AvgIpc) is 2.55. The maximum Gasteiger partial charge on any atom is 0.337 e. The van der Waals surface area contributed by atoms with Crippen LogP contribution < -0.4 is 0 Å². The Morgan fingerprint density at radius 3 is 2.27 bits per heavy atom. The fourth-order valence-corrected chi connectivity index (χ4v) is 2.41. The second kappa shape index (κ2) is 11.1. The van der Waals surface area contributed by atoms with E-state index in [0.29, 0.717) is 18.7 Å². The van der Waals surface area contributed by atoms with Crippen LogP contribution in [0.1, 0.15) is 65.7 Å². The van der Waals surface area contributed by atoms with Crippen molar-refractivity contribution in [2.75, 3.05) is 19.7 Å². The molecule has 0 saturated carbocycles. The van der Waals surface area contributed by atoms with E-state index in [4.69, 9.17) is 10.3 Å². The summed E-state index contributed by atoms with van der Waals surface area (Å²) in [7, 11) is 0. The Kier molecular flexibility index (Phi) is 9.33. The number of nitrogens with zero attached hydrogens (tertiary/aromatic N) is 3. The highest BCUT2D eigenvalue weighted by Gasteiger charge is 2.23. The van der Waals surface area contributed by atoms with Crippen LogP contribution in [0.5, 0.6) is 0 Å². The van der Waals surface area contributed by atoms with Gasteiger partial charge in [0.2, 0.25) is 5.76 Å². The van der Waals surface area contributed by atoms with Crippen molar-refractivity contribution >= 4 is 5.71 Å². The summed E-state index contributed by atoms with van der Waals surface area (Å²) in [6.45, 7) is 9.41. The van der Waals surface area contributed by atoms with Gasteiger partial charge in [0, 0.05) is 24.9 Å². The van der Waals surface area contributed by atoms with Crippen molar-refractivity contribution in [3.63, 3.8) is 0 Å². The van der Waals surface area contributed by atoms with E-state index < -0.39 is 0 Å². The summed E-state index contributed by atoms with van der Waals surface area (Å²) in [5.74, 6) is 0.728. The van der Waals surface area contributed by atoms with Crippen molar-refractivity contribution in [1.29, 1.82) is 0 Å². The molecule has 0 aromatic carbocycles. The lowest BCUT2D eigenvalue weighted by Crippen LogP contribution is -2.27. The van der Waals surface area contributed by atoms with Crippen LogP contribution in [-0.2, 0) is 4.74 Å². The summed E-state index contributed by atoms with van der Waals surface area (Å²) in [5, 5.41) is 0. The van der Waals surface area contributed by atoms with Gasteiger partial charge in [0.25, 0.3) is 0 Å². The smallest absolute Gasteiger partial charge is 0.337 e. The molecule has 0 aromatic heterocycles. The molecule has 0 unspecified atom stereocenters. The molecular formula is C18H31N3O. The molecule has 1 aliphatic rings. The second-order valence-electron chi connectivity index (χ2n) is 5.78. The van der Waals surface area contributed by atoms with Gasteiger partial charge in [-0.15, -0.1) is 0 Å². The van der Waals surface area contributed by atoms with Gasteiger partial charge in [-0.1, -0.05) is 40.0 Å². The van der Waals surface area contributed by atoms with Crippen LogP contribution in [0.15, 0.2) is 23.6 Å². The van der Waals surface area contributed by atoms with Crippen LogP contribution in [0.3, 0.4) is 0 Å². The Morgan fingerprint density at radius 2 is 1.73 bits per heavy atom. The predicted octanol–water partition coefficient (Wildman–Crippen LogP) is 4.55. The molecule has 0 bridgehead atoms. The van der Waals surface area contributed by atoms with Gasteiger partial charge in [-0.25, -0.2) is 0 Å². The minimum atomic E-state index is 0.630. The number of unbranched alkanes of at least 4 members (excludes halogenated alkanes) is 3. The molecule has 0 amide bonds. The molecule has 124 valence electrons. The maximum absolute atomic E-state index is 9.15. The molecule has 4 heteroatoms.